The average molecular weight is 282 g/mol. The zero-order valence-corrected chi connectivity index (χ0v) is 11.3. The van der Waals surface area contributed by atoms with Crippen LogP contribution in [0.1, 0.15) is 6.92 Å². The number of azide groups is 1. The normalized spacial score (nSPS) is 10.6. The molecule has 1 aromatic carbocycles. The molecule has 3 aromatic rings. The Morgan fingerprint density at radius 1 is 1.33 bits per heavy atom. The largest absolute Gasteiger partial charge is 0.313 e. The molecule has 0 unspecified atom stereocenters. The molecule has 0 bridgehead atoms. The van der Waals surface area contributed by atoms with Crippen LogP contribution < -0.4 is 5.32 Å². The highest BCUT2D eigenvalue weighted by molar-refractivity contribution is 6.07. The number of carbonyl (C=O) groups excluding carboxylic acids is 1. The van der Waals surface area contributed by atoms with Crippen molar-refractivity contribution in [2.24, 2.45) is 12.2 Å². The first kappa shape index (κ1) is 12.8. The van der Waals surface area contributed by atoms with E-state index in [0.29, 0.717) is 33.7 Å². The molecule has 0 radical (unpaired) electrons. The molecule has 0 saturated heterocycles. The summed E-state index contributed by atoms with van der Waals surface area (Å²) in [6, 6.07) is 1.67. The number of hydrogen-bond donors (Lipinski definition) is 1. The molecule has 1 N–H and O–H groups in total. The van der Waals surface area contributed by atoms with Crippen LogP contribution in [0, 0.1) is 0 Å². The Kier molecular flexibility index (Phi) is 2.89. The van der Waals surface area contributed by atoms with Gasteiger partial charge in [0.15, 0.2) is 0 Å². The summed E-state index contributed by atoms with van der Waals surface area (Å²) < 4.78 is 1.70. The van der Waals surface area contributed by atoms with Gasteiger partial charge in [-0.1, -0.05) is 5.11 Å². The monoisotopic (exact) mass is 282 g/mol. The van der Waals surface area contributed by atoms with Gasteiger partial charge in [0.25, 0.3) is 0 Å². The van der Waals surface area contributed by atoms with E-state index in [1.165, 1.54) is 19.3 Å². The highest BCUT2D eigenvalue weighted by Gasteiger charge is 2.15. The van der Waals surface area contributed by atoms with E-state index in [-0.39, 0.29) is 5.91 Å². The lowest BCUT2D eigenvalue weighted by molar-refractivity contribution is -0.114. The number of anilines is 1. The molecule has 0 fully saturated rings. The lowest BCUT2D eigenvalue weighted by atomic mass is 10.2. The summed E-state index contributed by atoms with van der Waals surface area (Å²) in [5.41, 5.74) is 11.3. The molecule has 0 aliphatic rings. The second-order valence-corrected chi connectivity index (χ2v) is 4.38. The van der Waals surface area contributed by atoms with E-state index in [1.54, 1.807) is 17.7 Å². The van der Waals surface area contributed by atoms with Gasteiger partial charge in [-0.25, -0.2) is 4.98 Å². The number of nitrogens with zero attached hydrogens (tertiary/aromatic N) is 7. The summed E-state index contributed by atoms with van der Waals surface area (Å²) in [5, 5.41) is 6.29. The van der Waals surface area contributed by atoms with Gasteiger partial charge in [0.1, 0.15) is 16.6 Å². The fraction of sp³-hybridized carbons (Fsp3) is 0.167. The highest BCUT2D eigenvalue weighted by Crippen LogP contribution is 2.32. The first-order chi connectivity index (χ1) is 10.1. The Morgan fingerprint density at radius 2 is 2.05 bits per heavy atom. The molecule has 9 heteroatoms. The molecule has 0 aliphatic carbocycles. The molecular weight excluding hydrogens is 272 g/mol. The molecular formula is C12H10N8O. The fourth-order valence-electron chi connectivity index (χ4n) is 2.14. The Bertz CT molecular complexity index is 922. The van der Waals surface area contributed by atoms with E-state index in [0.717, 1.165) is 0 Å². The van der Waals surface area contributed by atoms with Gasteiger partial charge in [-0.3, -0.25) is 20.1 Å². The second-order valence-electron chi connectivity index (χ2n) is 4.38. The van der Waals surface area contributed by atoms with Crippen LogP contribution in [0.3, 0.4) is 0 Å². The van der Waals surface area contributed by atoms with Crippen LogP contribution in [0.2, 0.25) is 0 Å². The van der Waals surface area contributed by atoms with Crippen molar-refractivity contribution in [3.63, 3.8) is 0 Å². The molecule has 0 aliphatic heterocycles. The number of amides is 1. The van der Waals surface area contributed by atoms with Gasteiger partial charge in [0.2, 0.25) is 11.9 Å². The molecule has 2 aromatic heterocycles. The van der Waals surface area contributed by atoms with Gasteiger partial charge >= 0.3 is 0 Å². The van der Waals surface area contributed by atoms with E-state index in [9.17, 15) is 4.79 Å². The van der Waals surface area contributed by atoms with Gasteiger partial charge in [0, 0.05) is 31.3 Å². The van der Waals surface area contributed by atoms with Gasteiger partial charge in [-0.2, -0.15) is 0 Å². The lowest BCUT2D eigenvalue weighted by Crippen LogP contribution is -2.10. The molecule has 9 nitrogen and oxygen atoms in total. The zero-order chi connectivity index (χ0) is 15.0. The number of fused-ring (bicyclic) bond motifs is 3. The Balaban J connectivity index is 2.43. The van der Waals surface area contributed by atoms with E-state index in [2.05, 4.69) is 30.3 Å². The van der Waals surface area contributed by atoms with Crippen molar-refractivity contribution < 1.29 is 4.79 Å². The predicted octanol–water partition coefficient (Wildman–Crippen LogP) is 2.42. The van der Waals surface area contributed by atoms with E-state index in [1.807, 2.05) is 0 Å². The van der Waals surface area contributed by atoms with Crippen molar-refractivity contribution in [3.8, 4) is 0 Å². The van der Waals surface area contributed by atoms with Gasteiger partial charge in [0.05, 0.1) is 11.2 Å². The maximum Gasteiger partial charge on any atom is 0.223 e. The number of imidazole rings is 1. The fourth-order valence-corrected chi connectivity index (χ4v) is 2.14. The molecule has 0 atom stereocenters. The molecule has 2 heterocycles. The summed E-state index contributed by atoms with van der Waals surface area (Å²) in [4.78, 5) is 26.8. The molecule has 0 spiro atoms. The minimum atomic E-state index is -0.223. The van der Waals surface area contributed by atoms with Gasteiger partial charge in [-0.05, 0) is 11.6 Å². The summed E-state index contributed by atoms with van der Waals surface area (Å²) in [5.74, 6) is 0.168. The van der Waals surface area contributed by atoms with Crippen LogP contribution in [0.4, 0.5) is 11.6 Å². The van der Waals surface area contributed by atoms with Crippen molar-refractivity contribution in [1.82, 2.24) is 19.5 Å². The van der Waals surface area contributed by atoms with Crippen LogP contribution in [-0.4, -0.2) is 25.4 Å². The minimum absolute atomic E-state index is 0.223. The summed E-state index contributed by atoms with van der Waals surface area (Å²) in [7, 11) is 1.75. The quantitative estimate of drug-likeness (QED) is 0.440. The number of hydrogen-bond acceptors (Lipinski definition) is 5. The van der Waals surface area contributed by atoms with Crippen LogP contribution in [-0.2, 0) is 11.8 Å². The number of benzene rings is 1. The van der Waals surface area contributed by atoms with E-state index >= 15 is 0 Å². The predicted molar refractivity (Wildman–Crippen MR) is 76.9 cm³/mol. The number of nitrogens with one attached hydrogen (secondary N) is 1. The molecule has 1 amide bonds. The SMILES string of the molecule is CC(=O)Nc1nc2c3nccnc3c(N=[N+]=[N-])cc2n1C. The number of carbonyl (C=O) groups is 1. The summed E-state index contributed by atoms with van der Waals surface area (Å²) in [6.45, 7) is 1.41. The number of aryl methyl sites for hydroxylation is 1. The van der Waals surface area contributed by atoms with Gasteiger partial charge in [-0.15, -0.1) is 0 Å². The number of aromatic nitrogens is 4. The van der Waals surface area contributed by atoms with Crippen LogP contribution in [0.15, 0.2) is 23.6 Å². The summed E-state index contributed by atoms with van der Waals surface area (Å²) >= 11 is 0. The third-order valence-corrected chi connectivity index (χ3v) is 3.02. The number of rotatable bonds is 2. The molecule has 3 rings (SSSR count). The Hall–Kier alpha value is -3.19. The standard InChI is InChI=1S/C12H10N8O/c1-6(21)16-12-17-10-8(20(12)2)5-7(18-19-13)9-11(10)15-4-3-14-9/h3-5H,1-2H3,(H,16,17,21). The third kappa shape index (κ3) is 2.01. The van der Waals surface area contributed by atoms with Crippen molar-refractivity contribution >= 4 is 39.6 Å². The van der Waals surface area contributed by atoms with Crippen molar-refractivity contribution in [2.45, 2.75) is 6.92 Å². The minimum Gasteiger partial charge on any atom is -0.313 e. The molecule has 0 saturated carbocycles. The first-order valence-electron chi connectivity index (χ1n) is 6.04. The summed E-state index contributed by atoms with van der Waals surface area (Å²) in [6.07, 6.45) is 3.05. The van der Waals surface area contributed by atoms with E-state index in [4.69, 9.17) is 5.53 Å². The Morgan fingerprint density at radius 3 is 2.71 bits per heavy atom. The smallest absolute Gasteiger partial charge is 0.223 e. The van der Waals surface area contributed by atoms with E-state index < -0.39 is 0 Å². The zero-order valence-electron chi connectivity index (χ0n) is 11.3. The molecule has 104 valence electrons. The maximum absolute atomic E-state index is 11.2. The lowest BCUT2D eigenvalue weighted by Gasteiger charge is -2.03. The Labute approximate surface area is 118 Å². The first-order valence-corrected chi connectivity index (χ1v) is 6.04. The van der Waals surface area contributed by atoms with Gasteiger partial charge < -0.3 is 4.57 Å². The van der Waals surface area contributed by atoms with Crippen LogP contribution in [0.25, 0.3) is 32.5 Å². The molecule has 21 heavy (non-hydrogen) atoms. The average Bonchev–Trinajstić information content (AvgIpc) is 2.76. The van der Waals surface area contributed by atoms with Crippen molar-refractivity contribution in [3.05, 3.63) is 28.9 Å². The van der Waals surface area contributed by atoms with Crippen molar-refractivity contribution in [2.75, 3.05) is 5.32 Å². The third-order valence-electron chi connectivity index (χ3n) is 3.02. The maximum atomic E-state index is 11.2. The van der Waals surface area contributed by atoms with Crippen LogP contribution in [0.5, 0.6) is 0 Å². The highest BCUT2D eigenvalue weighted by atomic mass is 16.1. The van der Waals surface area contributed by atoms with Crippen molar-refractivity contribution in [1.29, 1.82) is 0 Å². The second kappa shape index (κ2) is 4.73. The topological polar surface area (TPSA) is 121 Å². The van der Waals surface area contributed by atoms with Crippen LogP contribution >= 0.6 is 0 Å².